The van der Waals surface area contributed by atoms with Gasteiger partial charge >= 0.3 is 6.16 Å². The monoisotopic (exact) mass is 234 g/mol. The van der Waals surface area contributed by atoms with Gasteiger partial charge in [0.1, 0.15) is 6.10 Å². The first-order chi connectivity index (χ1) is 7.27. The molecule has 1 aliphatic carbocycles. The highest BCUT2D eigenvalue weighted by molar-refractivity contribution is 6.18. The SMILES string of the molecule is CCOC(=O)OC(CCl)C1CCCCC1. The molecule has 1 aliphatic rings. The molecule has 0 amide bonds. The maximum atomic E-state index is 11.2. The molecule has 0 aromatic carbocycles. The van der Waals surface area contributed by atoms with Crippen molar-refractivity contribution in [3.05, 3.63) is 0 Å². The van der Waals surface area contributed by atoms with Gasteiger partial charge < -0.3 is 9.47 Å². The normalized spacial score (nSPS) is 19.6. The zero-order chi connectivity index (χ0) is 11.1. The molecule has 0 heterocycles. The van der Waals surface area contributed by atoms with Gasteiger partial charge in [0.25, 0.3) is 0 Å². The van der Waals surface area contributed by atoms with Crippen LogP contribution < -0.4 is 0 Å². The zero-order valence-electron chi connectivity index (χ0n) is 9.21. The third kappa shape index (κ3) is 4.29. The highest BCUT2D eigenvalue weighted by Crippen LogP contribution is 2.28. The summed E-state index contributed by atoms with van der Waals surface area (Å²) < 4.78 is 9.93. The highest BCUT2D eigenvalue weighted by atomic mass is 35.5. The van der Waals surface area contributed by atoms with Crippen LogP contribution >= 0.6 is 11.6 Å². The van der Waals surface area contributed by atoms with Crippen LogP contribution in [0.15, 0.2) is 0 Å². The minimum Gasteiger partial charge on any atom is -0.435 e. The Morgan fingerprint density at radius 3 is 2.60 bits per heavy atom. The largest absolute Gasteiger partial charge is 0.508 e. The summed E-state index contributed by atoms with van der Waals surface area (Å²) in [6, 6.07) is 0. The van der Waals surface area contributed by atoms with Crippen molar-refractivity contribution in [2.24, 2.45) is 5.92 Å². The fourth-order valence-corrected chi connectivity index (χ4v) is 2.35. The average Bonchev–Trinajstić information content (AvgIpc) is 2.27. The van der Waals surface area contributed by atoms with E-state index in [0.717, 1.165) is 12.8 Å². The molecule has 0 radical (unpaired) electrons. The van der Waals surface area contributed by atoms with E-state index in [1.807, 2.05) is 0 Å². The van der Waals surface area contributed by atoms with E-state index < -0.39 is 6.16 Å². The van der Waals surface area contributed by atoms with E-state index in [9.17, 15) is 4.79 Å². The summed E-state index contributed by atoms with van der Waals surface area (Å²) in [5.74, 6) is 0.782. The summed E-state index contributed by atoms with van der Waals surface area (Å²) in [4.78, 5) is 11.2. The standard InChI is InChI=1S/C11H19ClO3/c1-2-14-11(13)15-10(8-12)9-6-4-3-5-7-9/h9-10H,2-8H2,1H3. The Kier molecular flexibility index (Phi) is 5.84. The van der Waals surface area contributed by atoms with E-state index in [1.165, 1.54) is 19.3 Å². The number of hydrogen-bond donors (Lipinski definition) is 0. The molecule has 0 aliphatic heterocycles. The lowest BCUT2D eigenvalue weighted by Crippen LogP contribution is -2.30. The van der Waals surface area contributed by atoms with Gasteiger partial charge in [-0.1, -0.05) is 19.3 Å². The summed E-state index contributed by atoms with van der Waals surface area (Å²) in [5, 5.41) is 0. The molecule has 3 nitrogen and oxygen atoms in total. The molecule has 1 saturated carbocycles. The van der Waals surface area contributed by atoms with E-state index in [4.69, 9.17) is 21.1 Å². The number of carbonyl (C=O) groups excluding carboxylic acids is 1. The molecule has 15 heavy (non-hydrogen) atoms. The molecule has 1 rings (SSSR count). The Labute approximate surface area is 96.1 Å². The van der Waals surface area contributed by atoms with Gasteiger partial charge in [-0.3, -0.25) is 0 Å². The van der Waals surface area contributed by atoms with E-state index >= 15 is 0 Å². The Morgan fingerprint density at radius 2 is 2.07 bits per heavy atom. The van der Waals surface area contributed by atoms with Gasteiger partial charge in [0.15, 0.2) is 0 Å². The van der Waals surface area contributed by atoms with Crippen molar-refractivity contribution in [1.82, 2.24) is 0 Å². The van der Waals surface area contributed by atoms with Gasteiger partial charge in [-0.15, -0.1) is 11.6 Å². The van der Waals surface area contributed by atoms with Gasteiger partial charge in [-0.2, -0.15) is 0 Å². The first-order valence-corrected chi connectivity index (χ1v) is 6.20. The second kappa shape index (κ2) is 6.94. The number of ether oxygens (including phenoxy) is 2. The number of alkyl halides is 1. The van der Waals surface area contributed by atoms with Crippen LogP contribution in [0, 0.1) is 5.92 Å². The van der Waals surface area contributed by atoms with Crippen LogP contribution in [0.2, 0.25) is 0 Å². The topological polar surface area (TPSA) is 35.5 Å². The highest BCUT2D eigenvalue weighted by Gasteiger charge is 2.26. The summed E-state index contributed by atoms with van der Waals surface area (Å²) in [5.41, 5.74) is 0. The van der Waals surface area contributed by atoms with Gasteiger partial charge in [0.2, 0.25) is 0 Å². The summed E-state index contributed by atoms with van der Waals surface area (Å²) >= 11 is 5.81. The fourth-order valence-electron chi connectivity index (χ4n) is 2.04. The predicted molar refractivity (Wildman–Crippen MR) is 59.2 cm³/mol. The maximum Gasteiger partial charge on any atom is 0.508 e. The zero-order valence-corrected chi connectivity index (χ0v) is 9.96. The molecule has 1 fully saturated rings. The summed E-state index contributed by atoms with van der Waals surface area (Å²) in [7, 11) is 0. The molecule has 0 N–H and O–H groups in total. The number of hydrogen-bond acceptors (Lipinski definition) is 3. The fraction of sp³-hybridized carbons (Fsp3) is 0.909. The Morgan fingerprint density at radius 1 is 1.40 bits per heavy atom. The van der Waals surface area contributed by atoms with Gasteiger partial charge in [-0.05, 0) is 25.7 Å². The first kappa shape index (κ1) is 12.6. The number of carbonyl (C=O) groups is 1. The molecular formula is C11H19ClO3. The van der Waals surface area contributed by atoms with Gasteiger partial charge in [-0.25, -0.2) is 4.79 Å². The molecule has 1 atom stereocenters. The Hall–Kier alpha value is -0.440. The molecular weight excluding hydrogens is 216 g/mol. The van der Waals surface area contributed by atoms with Crippen molar-refractivity contribution in [3.8, 4) is 0 Å². The van der Waals surface area contributed by atoms with Crippen LogP contribution in [0.4, 0.5) is 4.79 Å². The van der Waals surface area contributed by atoms with Crippen LogP contribution in [-0.4, -0.2) is 24.7 Å². The van der Waals surface area contributed by atoms with E-state index in [-0.39, 0.29) is 6.10 Å². The van der Waals surface area contributed by atoms with Crippen molar-refractivity contribution in [2.75, 3.05) is 12.5 Å². The van der Waals surface area contributed by atoms with Crippen molar-refractivity contribution in [1.29, 1.82) is 0 Å². The van der Waals surface area contributed by atoms with Crippen molar-refractivity contribution in [2.45, 2.75) is 45.1 Å². The predicted octanol–water partition coefficient (Wildman–Crippen LogP) is 3.35. The van der Waals surface area contributed by atoms with Crippen LogP contribution in [0.3, 0.4) is 0 Å². The molecule has 88 valence electrons. The van der Waals surface area contributed by atoms with Crippen LogP contribution in [0.1, 0.15) is 39.0 Å². The summed E-state index contributed by atoms with van der Waals surface area (Å²) in [6.07, 6.45) is 5.16. The van der Waals surface area contributed by atoms with E-state index in [0.29, 0.717) is 18.4 Å². The molecule has 0 saturated heterocycles. The molecule has 0 aromatic heterocycles. The smallest absolute Gasteiger partial charge is 0.435 e. The quantitative estimate of drug-likeness (QED) is 0.553. The van der Waals surface area contributed by atoms with Gasteiger partial charge in [0.05, 0.1) is 12.5 Å². The van der Waals surface area contributed by atoms with Crippen molar-refractivity contribution < 1.29 is 14.3 Å². The maximum absolute atomic E-state index is 11.2. The third-order valence-electron chi connectivity index (χ3n) is 2.84. The second-order valence-corrected chi connectivity index (χ2v) is 4.20. The lowest BCUT2D eigenvalue weighted by molar-refractivity contribution is 0.00635. The summed E-state index contributed by atoms with van der Waals surface area (Å²) in [6.45, 7) is 2.11. The molecule has 0 spiro atoms. The van der Waals surface area contributed by atoms with Crippen molar-refractivity contribution >= 4 is 17.8 Å². The van der Waals surface area contributed by atoms with Crippen LogP contribution in [0.25, 0.3) is 0 Å². The Balaban J connectivity index is 2.36. The lowest BCUT2D eigenvalue weighted by atomic mass is 9.86. The van der Waals surface area contributed by atoms with Crippen molar-refractivity contribution in [3.63, 3.8) is 0 Å². The first-order valence-electron chi connectivity index (χ1n) is 5.67. The minimum atomic E-state index is -0.589. The van der Waals surface area contributed by atoms with E-state index in [1.54, 1.807) is 6.92 Å². The second-order valence-electron chi connectivity index (χ2n) is 3.89. The molecule has 0 bridgehead atoms. The Bertz CT molecular complexity index is 190. The third-order valence-corrected chi connectivity index (χ3v) is 3.14. The molecule has 1 unspecified atom stereocenters. The molecule has 4 heteroatoms. The minimum absolute atomic E-state index is 0.175. The number of halogens is 1. The van der Waals surface area contributed by atoms with Gasteiger partial charge in [0, 0.05) is 0 Å². The average molecular weight is 235 g/mol. The molecule has 0 aromatic rings. The van der Waals surface area contributed by atoms with Crippen LogP contribution in [0.5, 0.6) is 0 Å². The van der Waals surface area contributed by atoms with E-state index in [2.05, 4.69) is 0 Å². The number of rotatable bonds is 4. The lowest BCUT2D eigenvalue weighted by Gasteiger charge is -2.28. The van der Waals surface area contributed by atoms with Crippen LogP contribution in [-0.2, 0) is 9.47 Å².